The Morgan fingerprint density at radius 3 is 2.69 bits per heavy atom. The molecule has 0 heterocycles. The van der Waals surface area contributed by atoms with Gasteiger partial charge in [0.1, 0.15) is 0 Å². The summed E-state index contributed by atoms with van der Waals surface area (Å²) in [4.78, 5) is 11.5. The first-order chi connectivity index (χ1) is 6.06. The number of carboxylic acids is 1. The van der Waals surface area contributed by atoms with Crippen molar-refractivity contribution in [3.05, 3.63) is 22.7 Å². The molecule has 0 aliphatic carbocycles. The van der Waals surface area contributed by atoms with E-state index in [1.807, 2.05) is 6.26 Å². The highest BCUT2D eigenvalue weighted by Crippen LogP contribution is 2.28. The fourth-order valence-corrected chi connectivity index (χ4v) is 1.64. The largest absolute Gasteiger partial charge is 0.478 e. The zero-order valence-corrected chi connectivity index (χ0v) is 8.45. The molecule has 3 nitrogen and oxygen atoms in total. The number of thioether (sulfide) groups is 1. The molecule has 0 aliphatic rings. The number of aromatic carboxylic acids is 1. The number of carbonyl (C=O) groups is 1. The molecule has 0 spiro atoms. The first-order valence-corrected chi connectivity index (χ1v) is 5.03. The van der Waals surface area contributed by atoms with E-state index in [1.165, 1.54) is 17.8 Å². The van der Waals surface area contributed by atoms with E-state index in [1.54, 1.807) is 6.07 Å². The number of anilines is 1. The van der Waals surface area contributed by atoms with Crippen molar-refractivity contribution >= 4 is 35.0 Å². The van der Waals surface area contributed by atoms with Crippen molar-refractivity contribution in [2.24, 2.45) is 0 Å². The van der Waals surface area contributed by atoms with Crippen molar-refractivity contribution in [3.63, 3.8) is 0 Å². The van der Waals surface area contributed by atoms with E-state index < -0.39 is 5.97 Å². The summed E-state index contributed by atoms with van der Waals surface area (Å²) < 4.78 is 0. The maximum atomic E-state index is 10.7. The fraction of sp³-hybridized carbons (Fsp3) is 0.125. The zero-order valence-electron chi connectivity index (χ0n) is 6.87. The van der Waals surface area contributed by atoms with Crippen LogP contribution < -0.4 is 5.73 Å². The van der Waals surface area contributed by atoms with Crippen LogP contribution in [-0.4, -0.2) is 17.3 Å². The molecular formula is C8H8ClNO2S. The number of nitrogen functional groups attached to an aromatic ring is 1. The second-order valence-corrected chi connectivity index (χ2v) is 3.66. The molecule has 0 aliphatic heterocycles. The summed E-state index contributed by atoms with van der Waals surface area (Å²) in [5, 5.41) is 9.04. The Morgan fingerprint density at radius 2 is 2.23 bits per heavy atom. The highest BCUT2D eigenvalue weighted by atomic mass is 35.5. The van der Waals surface area contributed by atoms with E-state index in [2.05, 4.69) is 0 Å². The number of carboxylic acid groups (broad SMARTS) is 1. The molecule has 1 aromatic carbocycles. The Kier molecular flexibility index (Phi) is 3.06. The third-order valence-electron chi connectivity index (χ3n) is 1.57. The highest BCUT2D eigenvalue weighted by Gasteiger charge is 2.12. The van der Waals surface area contributed by atoms with Crippen LogP contribution in [0, 0.1) is 0 Å². The maximum Gasteiger partial charge on any atom is 0.337 e. The normalized spacial score (nSPS) is 10.0. The van der Waals surface area contributed by atoms with Gasteiger partial charge in [-0.2, -0.15) is 0 Å². The van der Waals surface area contributed by atoms with E-state index >= 15 is 0 Å². The molecule has 0 radical (unpaired) electrons. The van der Waals surface area contributed by atoms with Gasteiger partial charge in [-0.1, -0.05) is 11.6 Å². The SMILES string of the molecule is CSc1cc(Cl)c(N)c(C(=O)O)c1. The molecule has 0 atom stereocenters. The number of halogens is 1. The maximum absolute atomic E-state index is 10.7. The number of hydrogen-bond acceptors (Lipinski definition) is 3. The van der Waals surface area contributed by atoms with E-state index in [-0.39, 0.29) is 16.3 Å². The molecule has 0 saturated heterocycles. The second kappa shape index (κ2) is 3.89. The Morgan fingerprint density at radius 1 is 1.62 bits per heavy atom. The standard InChI is InChI=1S/C8H8ClNO2S/c1-13-4-2-5(8(11)12)7(10)6(9)3-4/h2-3H,10H2,1H3,(H,11,12). The molecule has 0 saturated carbocycles. The molecule has 0 bridgehead atoms. The smallest absolute Gasteiger partial charge is 0.337 e. The van der Waals surface area contributed by atoms with Gasteiger partial charge in [-0.15, -0.1) is 11.8 Å². The lowest BCUT2D eigenvalue weighted by atomic mass is 10.2. The van der Waals surface area contributed by atoms with Gasteiger partial charge in [0.2, 0.25) is 0 Å². The van der Waals surface area contributed by atoms with E-state index in [4.69, 9.17) is 22.4 Å². The van der Waals surface area contributed by atoms with Gasteiger partial charge in [-0.3, -0.25) is 0 Å². The molecule has 13 heavy (non-hydrogen) atoms. The summed E-state index contributed by atoms with van der Waals surface area (Å²) in [6, 6.07) is 3.15. The third-order valence-corrected chi connectivity index (χ3v) is 2.59. The Balaban J connectivity index is 3.33. The summed E-state index contributed by atoms with van der Waals surface area (Å²) in [5.74, 6) is -1.06. The van der Waals surface area contributed by atoms with Crippen LogP contribution in [0.2, 0.25) is 5.02 Å². The molecule has 0 unspecified atom stereocenters. The Hall–Kier alpha value is -0.870. The van der Waals surface area contributed by atoms with Crippen molar-refractivity contribution < 1.29 is 9.90 Å². The van der Waals surface area contributed by atoms with Gasteiger partial charge in [0.05, 0.1) is 16.3 Å². The van der Waals surface area contributed by atoms with Gasteiger partial charge >= 0.3 is 5.97 Å². The summed E-state index contributed by atoms with van der Waals surface area (Å²) >= 11 is 7.16. The average Bonchev–Trinajstić information content (AvgIpc) is 2.09. The van der Waals surface area contributed by atoms with Gasteiger partial charge in [0, 0.05) is 4.90 Å². The van der Waals surface area contributed by atoms with E-state index in [0.29, 0.717) is 0 Å². The van der Waals surface area contributed by atoms with Gasteiger partial charge < -0.3 is 10.8 Å². The summed E-state index contributed by atoms with van der Waals surface area (Å²) in [5.41, 5.74) is 5.66. The first kappa shape index (κ1) is 10.2. The highest BCUT2D eigenvalue weighted by molar-refractivity contribution is 7.98. The van der Waals surface area contributed by atoms with Crippen LogP contribution in [0.5, 0.6) is 0 Å². The molecule has 1 rings (SSSR count). The van der Waals surface area contributed by atoms with Crippen LogP contribution in [0.4, 0.5) is 5.69 Å². The predicted octanol–water partition coefficient (Wildman–Crippen LogP) is 2.34. The summed E-state index contributed by atoms with van der Waals surface area (Å²) in [7, 11) is 0. The quantitative estimate of drug-likeness (QED) is 0.590. The first-order valence-electron chi connectivity index (χ1n) is 3.42. The second-order valence-electron chi connectivity index (χ2n) is 2.38. The minimum Gasteiger partial charge on any atom is -0.478 e. The van der Waals surface area contributed by atoms with Crippen LogP contribution in [0.25, 0.3) is 0 Å². The lowest BCUT2D eigenvalue weighted by Gasteiger charge is -2.05. The van der Waals surface area contributed by atoms with Gasteiger partial charge in [0.25, 0.3) is 0 Å². The van der Waals surface area contributed by atoms with Crippen molar-refractivity contribution in [1.29, 1.82) is 0 Å². The van der Waals surface area contributed by atoms with Crippen molar-refractivity contribution in [3.8, 4) is 0 Å². The molecule has 0 fully saturated rings. The molecule has 0 aromatic heterocycles. The molecule has 0 amide bonds. The van der Waals surface area contributed by atoms with E-state index in [9.17, 15) is 4.79 Å². The number of hydrogen-bond donors (Lipinski definition) is 2. The Labute approximate surface area is 84.9 Å². The minimum atomic E-state index is -1.06. The van der Waals surface area contributed by atoms with Gasteiger partial charge in [-0.25, -0.2) is 4.79 Å². The number of rotatable bonds is 2. The molecule has 70 valence electrons. The van der Waals surface area contributed by atoms with E-state index in [0.717, 1.165) is 4.90 Å². The lowest BCUT2D eigenvalue weighted by Crippen LogP contribution is -2.03. The number of benzene rings is 1. The molecule has 3 N–H and O–H groups in total. The average molecular weight is 218 g/mol. The fourth-order valence-electron chi connectivity index (χ4n) is 0.888. The third kappa shape index (κ3) is 2.08. The van der Waals surface area contributed by atoms with Gasteiger partial charge in [0.15, 0.2) is 0 Å². The van der Waals surface area contributed by atoms with Gasteiger partial charge in [-0.05, 0) is 18.4 Å². The van der Waals surface area contributed by atoms with Crippen LogP contribution in [0.1, 0.15) is 10.4 Å². The topological polar surface area (TPSA) is 63.3 Å². The van der Waals surface area contributed by atoms with Crippen LogP contribution in [0.15, 0.2) is 17.0 Å². The van der Waals surface area contributed by atoms with Crippen molar-refractivity contribution in [2.75, 3.05) is 12.0 Å². The van der Waals surface area contributed by atoms with Crippen molar-refractivity contribution in [1.82, 2.24) is 0 Å². The lowest BCUT2D eigenvalue weighted by molar-refractivity contribution is 0.0698. The summed E-state index contributed by atoms with van der Waals surface area (Å²) in [6.07, 6.45) is 1.84. The predicted molar refractivity (Wildman–Crippen MR) is 54.6 cm³/mol. The van der Waals surface area contributed by atoms with Crippen molar-refractivity contribution in [2.45, 2.75) is 4.90 Å². The van der Waals surface area contributed by atoms with Crippen LogP contribution >= 0.6 is 23.4 Å². The van der Waals surface area contributed by atoms with Crippen LogP contribution in [0.3, 0.4) is 0 Å². The molecule has 5 heteroatoms. The van der Waals surface area contributed by atoms with Crippen LogP contribution in [-0.2, 0) is 0 Å². The molecule has 1 aromatic rings. The monoisotopic (exact) mass is 217 g/mol. The number of nitrogens with two attached hydrogens (primary N) is 1. The summed E-state index contributed by atoms with van der Waals surface area (Å²) in [6.45, 7) is 0. The molecular weight excluding hydrogens is 210 g/mol. The minimum absolute atomic E-state index is 0.0526. The Bertz CT molecular complexity index is 354. The zero-order chi connectivity index (χ0) is 10.0.